The van der Waals surface area contributed by atoms with Gasteiger partial charge in [0, 0.05) is 12.3 Å². The largest absolute Gasteiger partial charge is 0.461 e. The summed E-state index contributed by atoms with van der Waals surface area (Å²) >= 11 is 0. The Morgan fingerprint density at radius 3 is 2.57 bits per heavy atom. The third-order valence-corrected chi connectivity index (χ3v) is 5.06. The standard InChI is InChI=1S/C18H22N4O5S/c1-3-25-12-13-27-18-19-17(16-6-5-11-26-16)22(20-18)15-9-7-14(8-10-15)21-28(23,24)4-2/h5-11,21H,3-4,12-13H2,1-2H3. The number of benzene rings is 1. The van der Waals surface area contributed by atoms with Crippen LogP contribution in [0.5, 0.6) is 6.01 Å². The van der Waals surface area contributed by atoms with E-state index < -0.39 is 10.0 Å². The van der Waals surface area contributed by atoms with Gasteiger partial charge in [-0.05, 0) is 50.2 Å². The molecule has 0 aliphatic heterocycles. The van der Waals surface area contributed by atoms with Gasteiger partial charge in [-0.1, -0.05) is 0 Å². The van der Waals surface area contributed by atoms with Crippen LogP contribution < -0.4 is 9.46 Å². The highest BCUT2D eigenvalue weighted by Crippen LogP contribution is 2.25. The summed E-state index contributed by atoms with van der Waals surface area (Å²) in [6.45, 7) is 4.86. The van der Waals surface area contributed by atoms with Gasteiger partial charge in [-0.15, -0.1) is 5.10 Å². The molecule has 3 rings (SSSR count). The smallest absolute Gasteiger partial charge is 0.336 e. The van der Waals surface area contributed by atoms with Crippen LogP contribution in [0.3, 0.4) is 0 Å². The summed E-state index contributed by atoms with van der Waals surface area (Å²) in [4.78, 5) is 4.39. The lowest BCUT2D eigenvalue weighted by Crippen LogP contribution is -2.14. The summed E-state index contributed by atoms with van der Waals surface area (Å²) in [5, 5.41) is 4.38. The second-order valence-corrected chi connectivity index (χ2v) is 7.72. The monoisotopic (exact) mass is 406 g/mol. The van der Waals surface area contributed by atoms with Crippen LogP contribution in [0.2, 0.25) is 0 Å². The van der Waals surface area contributed by atoms with E-state index in [2.05, 4.69) is 14.8 Å². The average Bonchev–Trinajstić information content (AvgIpc) is 3.35. The first-order chi connectivity index (χ1) is 13.5. The minimum absolute atomic E-state index is 0.00289. The third kappa shape index (κ3) is 4.90. The summed E-state index contributed by atoms with van der Waals surface area (Å²) in [7, 11) is -3.34. The number of rotatable bonds is 10. The molecule has 0 aliphatic carbocycles. The molecule has 1 N–H and O–H groups in total. The van der Waals surface area contributed by atoms with Gasteiger partial charge in [0.2, 0.25) is 15.8 Å². The van der Waals surface area contributed by atoms with Crippen LogP contribution in [0.4, 0.5) is 5.69 Å². The van der Waals surface area contributed by atoms with E-state index in [1.807, 2.05) is 6.92 Å². The highest BCUT2D eigenvalue weighted by atomic mass is 32.2. The lowest BCUT2D eigenvalue weighted by molar-refractivity contribution is 0.106. The molecule has 0 bridgehead atoms. The zero-order valence-electron chi connectivity index (χ0n) is 15.7. The van der Waals surface area contributed by atoms with Gasteiger partial charge >= 0.3 is 6.01 Å². The average molecular weight is 406 g/mol. The second kappa shape index (κ2) is 8.89. The Kier molecular flexibility index (Phi) is 6.32. The van der Waals surface area contributed by atoms with Crippen molar-refractivity contribution >= 4 is 15.7 Å². The van der Waals surface area contributed by atoms with E-state index in [4.69, 9.17) is 13.9 Å². The van der Waals surface area contributed by atoms with Crippen LogP contribution in [-0.2, 0) is 14.8 Å². The van der Waals surface area contributed by atoms with Crippen molar-refractivity contribution in [2.75, 3.05) is 30.3 Å². The van der Waals surface area contributed by atoms with Gasteiger partial charge in [-0.25, -0.2) is 13.1 Å². The van der Waals surface area contributed by atoms with Crippen LogP contribution in [0.15, 0.2) is 47.1 Å². The Morgan fingerprint density at radius 1 is 1.14 bits per heavy atom. The topological polar surface area (TPSA) is 108 Å². The van der Waals surface area contributed by atoms with Crippen molar-refractivity contribution in [1.82, 2.24) is 14.8 Å². The molecule has 0 spiro atoms. The molecule has 0 saturated heterocycles. The molecule has 0 aliphatic rings. The molecule has 150 valence electrons. The van der Waals surface area contributed by atoms with Crippen molar-refractivity contribution in [3.8, 4) is 23.3 Å². The molecule has 28 heavy (non-hydrogen) atoms. The zero-order valence-corrected chi connectivity index (χ0v) is 16.5. The SMILES string of the molecule is CCOCCOc1nc(-c2ccco2)n(-c2ccc(NS(=O)(=O)CC)cc2)n1. The Labute approximate surface area is 163 Å². The maximum atomic E-state index is 11.7. The number of ether oxygens (including phenoxy) is 2. The zero-order chi connectivity index (χ0) is 20.0. The van der Waals surface area contributed by atoms with Gasteiger partial charge in [0.1, 0.15) is 6.61 Å². The summed E-state index contributed by atoms with van der Waals surface area (Å²) in [6, 6.07) is 10.5. The number of hydrogen-bond donors (Lipinski definition) is 1. The van der Waals surface area contributed by atoms with Crippen molar-refractivity contribution in [2.45, 2.75) is 13.8 Å². The molecule has 0 amide bonds. The predicted molar refractivity (Wildman–Crippen MR) is 104 cm³/mol. The van der Waals surface area contributed by atoms with Gasteiger partial charge in [0.15, 0.2) is 5.76 Å². The van der Waals surface area contributed by atoms with E-state index >= 15 is 0 Å². The predicted octanol–water partition coefficient (Wildman–Crippen LogP) is 2.70. The first kappa shape index (κ1) is 19.9. The molecule has 9 nitrogen and oxygen atoms in total. The van der Waals surface area contributed by atoms with Gasteiger partial charge < -0.3 is 13.9 Å². The maximum absolute atomic E-state index is 11.7. The van der Waals surface area contributed by atoms with Gasteiger partial charge in [-0.3, -0.25) is 4.72 Å². The number of nitrogens with one attached hydrogen (secondary N) is 1. The summed E-state index contributed by atoms with van der Waals surface area (Å²) in [5.41, 5.74) is 1.15. The fourth-order valence-electron chi connectivity index (χ4n) is 2.36. The van der Waals surface area contributed by atoms with E-state index in [1.54, 1.807) is 54.3 Å². The molecule has 0 unspecified atom stereocenters. The van der Waals surface area contributed by atoms with E-state index in [-0.39, 0.29) is 11.8 Å². The number of anilines is 1. The highest BCUT2D eigenvalue weighted by Gasteiger charge is 2.17. The first-order valence-electron chi connectivity index (χ1n) is 8.85. The molecule has 3 aromatic rings. The molecule has 0 fully saturated rings. The quantitative estimate of drug-likeness (QED) is 0.516. The van der Waals surface area contributed by atoms with Gasteiger partial charge in [-0.2, -0.15) is 4.98 Å². The van der Waals surface area contributed by atoms with Crippen LogP contribution in [-0.4, -0.2) is 48.8 Å². The van der Waals surface area contributed by atoms with Crippen molar-refractivity contribution in [3.05, 3.63) is 42.7 Å². The number of aromatic nitrogens is 3. The molecular formula is C18H22N4O5S. The normalized spacial score (nSPS) is 11.5. The van der Waals surface area contributed by atoms with Gasteiger partial charge in [0.25, 0.3) is 0 Å². The van der Waals surface area contributed by atoms with Gasteiger partial charge in [0.05, 0.1) is 24.3 Å². The Balaban J connectivity index is 1.86. The molecule has 0 atom stereocenters. The van der Waals surface area contributed by atoms with Crippen molar-refractivity contribution < 1.29 is 22.3 Å². The second-order valence-electron chi connectivity index (χ2n) is 5.70. The third-order valence-electron chi connectivity index (χ3n) is 3.76. The van der Waals surface area contributed by atoms with E-state index in [1.165, 1.54) is 0 Å². The van der Waals surface area contributed by atoms with Crippen molar-refractivity contribution in [2.24, 2.45) is 0 Å². The lowest BCUT2D eigenvalue weighted by Gasteiger charge is -2.08. The molecule has 0 saturated carbocycles. The highest BCUT2D eigenvalue weighted by molar-refractivity contribution is 7.92. The summed E-state index contributed by atoms with van der Waals surface area (Å²) < 4.78 is 43.7. The van der Waals surface area contributed by atoms with E-state index in [0.29, 0.717) is 42.8 Å². The molecular weight excluding hydrogens is 384 g/mol. The van der Waals surface area contributed by atoms with Crippen LogP contribution in [0.1, 0.15) is 13.8 Å². The fraction of sp³-hybridized carbons (Fsp3) is 0.333. The van der Waals surface area contributed by atoms with E-state index in [9.17, 15) is 8.42 Å². The summed E-state index contributed by atoms with van der Waals surface area (Å²) in [6.07, 6.45) is 1.55. The van der Waals surface area contributed by atoms with Crippen molar-refractivity contribution in [1.29, 1.82) is 0 Å². The fourth-order valence-corrected chi connectivity index (χ4v) is 3.00. The number of nitrogens with zero attached hydrogens (tertiary/aromatic N) is 3. The van der Waals surface area contributed by atoms with Crippen molar-refractivity contribution in [3.63, 3.8) is 0 Å². The Hall–Kier alpha value is -2.85. The minimum atomic E-state index is -3.34. The Bertz CT molecular complexity index is 982. The first-order valence-corrected chi connectivity index (χ1v) is 10.5. The molecule has 10 heteroatoms. The van der Waals surface area contributed by atoms with Crippen LogP contribution in [0.25, 0.3) is 17.3 Å². The van der Waals surface area contributed by atoms with Crippen LogP contribution >= 0.6 is 0 Å². The number of sulfonamides is 1. The van der Waals surface area contributed by atoms with Crippen LogP contribution in [0, 0.1) is 0 Å². The maximum Gasteiger partial charge on any atom is 0.336 e. The number of hydrogen-bond acceptors (Lipinski definition) is 7. The molecule has 2 aromatic heterocycles. The number of furan rings is 1. The van der Waals surface area contributed by atoms with E-state index in [0.717, 1.165) is 0 Å². The molecule has 1 aromatic carbocycles. The minimum Gasteiger partial charge on any atom is -0.461 e. The summed E-state index contributed by atoms with van der Waals surface area (Å²) in [5.74, 6) is 1.00. The molecule has 2 heterocycles. The Morgan fingerprint density at radius 2 is 1.93 bits per heavy atom. The molecule has 0 radical (unpaired) electrons. The lowest BCUT2D eigenvalue weighted by atomic mass is 10.3.